The number of rotatable bonds is 3. The fraction of sp³-hybridized carbons (Fsp3) is 0.522. The van der Waals surface area contributed by atoms with E-state index >= 15 is 0 Å². The molecule has 13 heteroatoms. The molecule has 2 aliphatic heterocycles. The molecule has 2 aromatic rings. The number of aromatic nitrogens is 2. The van der Waals surface area contributed by atoms with Gasteiger partial charge in [-0.2, -0.15) is 31.4 Å². The summed E-state index contributed by atoms with van der Waals surface area (Å²) < 4.78 is 80.1. The molecular weight excluding hydrogens is 492 g/mol. The second kappa shape index (κ2) is 9.00. The van der Waals surface area contributed by atoms with Crippen LogP contribution in [0, 0.1) is 6.92 Å². The first kappa shape index (κ1) is 25.8. The van der Waals surface area contributed by atoms with Crippen LogP contribution in [0.3, 0.4) is 0 Å². The molecule has 3 unspecified atom stereocenters. The molecule has 3 heterocycles. The van der Waals surface area contributed by atoms with Crippen LogP contribution in [-0.2, 0) is 17.1 Å². The first-order chi connectivity index (χ1) is 16.7. The number of carbonyl (C=O) groups excluding carboxylic acids is 2. The molecule has 0 saturated carbocycles. The summed E-state index contributed by atoms with van der Waals surface area (Å²) in [6.45, 7) is 3.59. The number of aromatic amines is 1. The molecule has 2 fully saturated rings. The third kappa shape index (κ3) is 4.62. The number of halogens is 6. The van der Waals surface area contributed by atoms with Gasteiger partial charge < -0.3 is 14.7 Å². The molecule has 3 amide bonds. The second-order valence-electron chi connectivity index (χ2n) is 9.19. The molecule has 196 valence electrons. The van der Waals surface area contributed by atoms with Crippen molar-refractivity contribution in [3.63, 3.8) is 0 Å². The molecule has 2 aliphatic rings. The van der Waals surface area contributed by atoms with Crippen LogP contribution in [0.5, 0.6) is 0 Å². The van der Waals surface area contributed by atoms with Gasteiger partial charge in [0.2, 0.25) is 5.91 Å². The van der Waals surface area contributed by atoms with Crippen molar-refractivity contribution in [1.82, 2.24) is 24.9 Å². The lowest BCUT2D eigenvalue weighted by Crippen LogP contribution is -2.57. The average molecular weight is 517 g/mol. The van der Waals surface area contributed by atoms with Gasteiger partial charge in [0.05, 0.1) is 35.4 Å². The molecule has 0 radical (unpaired) electrons. The fourth-order valence-electron chi connectivity index (χ4n) is 5.00. The SMILES string of the molecule is Cc1[nH]ncc1C1C2CCC(=O)N2CCN1C(=O)N(C)C(C)c1cc(C(F)(F)F)cc(C(F)(F)F)c1. The molecule has 1 N–H and O–H groups in total. The highest BCUT2D eigenvalue weighted by atomic mass is 19.4. The quantitative estimate of drug-likeness (QED) is 0.588. The van der Waals surface area contributed by atoms with Gasteiger partial charge in [-0.15, -0.1) is 0 Å². The third-order valence-corrected chi connectivity index (χ3v) is 7.07. The lowest BCUT2D eigenvalue weighted by Gasteiger charge is -2.46. The number of urea groups is 1. The summed E-state index contributed by atoms with van der Waals surface area (Å²) in [4.78, 5) is 30.3. The van der Waals surface area contributed by atoms with Gasteiger partial charge >= 0.3 is 18.4 Å². The number of benzene rings is 1. The largest absolute Gasteiger partial charge is 0.416 e. The Kier molecular flexibility index (Phi) is 6.46. The van der Waals surface area contributed by atoms with Crippen LogP contribution >= 0.6 is 0 Å². The predicted molar refractivity (Wildman–Crippen MR) is 116 cm³/mol. The number of piperazine rings is 1. The highest BCUT2D eigenvalue weighted by Crippen LogP contribution is 2.41. The zero-order valence-corrected chi connectivity index (χ0v) is 19.7. The molecule has 1 aromatic carbocycles. The minimum absolute atomic E-state index is 0.0244. The molecule has 2 saturated heterocycles. The maximum absolute atomic E-state index is 13.6. The zero-order valence-electron chi connectivity index (χ0n) is 19.7. The number of H-pyrrole nitrogens is 1. The second-order valence-corrected chi connectivity index (χ2v) is 9.19. The van der Waals surface area contributed by atoms with E-state index in [1.165, 1.54) is 18.9 Å². The summed E-state index contributed by atoms with van der Waals surface area (Å²) in [6.07, 6.45) is -7.57. The van der Waals surface area contributed by atoms with Crippen LogP contribution < -0.4 is 0 Å². The summed E-state index contributed by atoms with van der Waals surface area (Å²) in [5.74, 6) is -0.0244. The first-order valence-corrected chi connectivity index (χ1v) is 11.3. The number of hydrogen-bond acceptors (Lipinski definition) is 3. The van der Waals surface area contributed by atoms with Crippen LogP contribution in [0.4, 0.5) is 31.1 Å². The van der Waals surface area contributed by atoms with Gasteiger partial charge in [-0.05, 0) is 44.0 Å². The average Bonchev–Trinajstić information content (AvgIpc) is 3.40. The Balaban J connectivity index is 1.68. The zero-order chi connectivity index (χ0) is 26.6. The van der Waals surface area contributed by atoms with Crippen LogP contribution in [0.2, 0.25) is 0 Å². The minimum atomic E-state index is -4.99. The number of aryl methyl sites for hydroxylation is 1. The number of carbonyl (C=O) groups is 2. The highest BCUT2D eigenvalue weighted by Gasteiger charge is 2.47. The molecule has 0 aliphatic carbocycles. The lowest BCUT2D eigenvalue weighted by molar-refractivity contribution is -0.143. The molecule has 0 spiro atoms. The summed E-state index contributed by atoms with van der Waals surface area (Å²) >= 11 is 0. The van der Waals surface area contributed by atoms with E-state index in [9.17, 15) is 35.9 Å². The molecular formula is C23H25F6N5O2. The molecule has 1 aromatic heterocycles. The van der Waals surface area contributed by atoms with Crippen molar-refractivity contribution in [3.8, 4) is 0 Å². The Morgan fingerprint density at radius 3 is 2.25 bits per heavy atom. The Morgan fingerprint density at radius 2 is 1.72 bits per heavy atom. The molecule has 3 atom stereocenters. The number of nitrogens with one attached hydrogen (secondary N) is 1. The van der Waals surface area contributed by atoms with Crippen molar-refractivity contribution in [3.05, 3.63) is 52.3 Å². The van der Waals surface area contributed by atoms with Crippen LogP contribution in [0.1, 0.15) is 59.8 Å². The maximum Gasteiger partial charge on any atom is 0.416 e. The van der Waals surface area contributed by atoms with E-state index in [2.05, 4.69) is 10.2 Å². The maximum atomic E-state index is 13.6. The van der Waals surface area contributed by atoms with Gasteiger partial charge in [-0.25, -0.2) is 4.79 Å². The van der Waals surface area contributed by atoms with Gasteiger partial charge in [-0.1, -0.05) is 0 Å². The minimum Gasteiger partial charge on any atom is -0.335 e. The van der Waals surface area contributed by atoms with Gasteiger partial charge in [0.25, 0.3) is 0 Å². The van der Waals surface area contributed by atoms with Gasteiger partial charge in [0.1, 0.15) is 0 Å². The summed E-state index contributed by atoms with van der Waals surface area (Å²) in [5, 5.41) is 6.84. The third-order valence-electron chi connectivity index (χ3n) is 7.07. The number of amides is 3. The fourth-order valence-corrected chi connectivity index (χ4v) is 5.00. The van der Waals surface area contributed by atoms with E-state index in [-0.39, 0.29) is 36.7 Å². The number of alkyl halides is 6. The van der Waals surface area contributed by atoms with Crippen LogP contribution in [0.15, 0.2) is 24.4 Å². The normalized spacial score (nSPS) is 21.5. The number of hydrogen-bond donors (Lipinski definition) is 1. The van der Waals surface area contributed by atoms with Crippen molar-refractivity contribution in [2.75, 3.05) is 20.1 Å². The molecule has 36 heavy (non-hydrogen) atoms. The van der Waals surface area contributed by atoms with E-state index in [1.807, 2.05) is 0 Å². The van der Waals surface area contributed by atoms with Gasteiger partial charge in [0, 0.05) is 37.8 Å². The molecule has 4 rings (SSSR count). The first-order valence-electron chi connectivity index (χ1n) is 11.3. The Hall–Kier alpha value is -3.25. The van der Waals surface area contributed by atoms with Crippen LogP contribution in [-0.4, -0.2) is 63.0 Å². The highest BCUT2D eigenvalue weighted by molar-refractivity contribution is 5.81. The van der Waals surface area contributed by atoms with E-state index in [0.717, 1.165) is 4.90 Å². The Bertz CT molecular complexity index is 1130. The lowest BCUT2D eigenvalue weighted by atomic mass is 9.94. The van der Waals surface area contributed by atoms with E-state index in [0.29, 0.717) is 36.2 Å². The summed E-state index contributed by atoms with van der Waals surface area (Å²) in [6, 6.07) is -1.21. The van der Waals surface area contributed by atoms with Crippen LogP contribution in [0.25, 0.3) is 0 Å². The standard InChI is InChI=1S/C23H25F6N5O2/c1-12-17(11-30-31-12)20-18-4-5-19(35)33(18)6-7-34(20)21(36)32(3)13(2)14-8-15(22(24,25)26)10-16(9-14)23(27,28)29/h8-11,13,18,20H,4-7H2,1-3H3,(H,30,31). The Morgan fingerprint density at radius 1 is 1.11 bits per heavy atom. The van der Waals surface area contributed by atoms with Crippen molar-refractivity contribution in [1.29, 1.82) is 0 Å². The summed E-state index contributed by atoms with van der Waals surface area (Å²) in [5.41, 5.74) is -1.77. The smallest absolute Gasteiger partial charge is 0.335 e. The van der Waals surface area contributed by atoms with E-state index in [1.54, 1.807) is 18.0 Å². The van der Waals surface area contributed by atoms with Gasteiger partial charge in [-0.3, -0.25) is 9.89 Å². The van der Waals surface area contributed by atoms with E-state index < -0.39 is 41.6 Å². The molecule has 7 nitrogen and oxygen atoms in total. The van der Waals surface area contributed by atoms with Crippen molar-refractivity contribution in [2.45, 2.75) is 57.2 Å². The van der Waals surface area contributed by atoms with E-state index in [4.69, 9.17) is 0 Å². The van der Waals surface area contributed by atoms with Crippen molar-refractivity contribution in [2.24, 2.45) is 0 Å². The monoisotopic (exact) mass is 517 g/mol. The van der Waals surface area contributed by atoms with Crippen molar-refractivity contribution >= 4 is 11.9 Å². The molecule has 0 bridgehead atoms. The van der Waals surface area contributed by atoms with Gasteiger partial charge in [0.15, 0.2) is 0 Å². The summed E-state index contributed by atoms with van der Waals surface area (Å²) in [7, 11) is 1.34. The Labute approximate surface area is 203 Å². The number of nitrogens with zero attached hydrogens (tertiary/aromatic N) is 4. The number of fused-ring (bicyclic) bond motifs is 1. The predicted octanol–water partition coefficient (Wildman–Crippen LogP) is 4.92. The topological polar surface area (TPSA) is 72.5 Å². The van der Waals surface area contributed by atoms with Crippen molar-refractivity contribution < 1.29 is 35.9 Å².